The molecule has 11 heteroatoms. The van der Waals surface area contributed by atoms with Crippen LogP contribution >= 0.6 is 0 Å². The minimum Gasteiger partial charge on any atom is -0.339 e. The molecule has 1 atom stereocenters. The molecule has 8 nitrogen and oxygen atoms in total. The number of aromatic nitrogens is 5. The Morgan fingerprint density at radius 2 is 2.07 bits per heavy atom. The first-order valence-electron chi connectivity index (χ1n) is 9.29. The topological polar surface area (TPSA) is 98.7 Å². The molecule has 0 saturated heterocycles. The number of rotatable bonds is 5. The third kappa shape index (κ3) is 3.79. The zero-order chi connectivity index (χ0) is 21.7. The number of pyridine rings is 1. The molecule has 1 aliphatic rings. The number of aryl methyl sites for hydroxylation is 1. The summed E-state index contributed by atoms with van der Waals surface area (Å²) in [7, 11) is 1.26. The number of nitrogens with one attached hydrogen (secondary N) is 1. The van der Waals surface area contributed by atoms with Gasteiger partial charge in [0.2, 0.25) is 11.7 Å². The summed E-state index contributed by atoms with van der Waals surface area (Å²) < 4.78 is 44.5. The molecule has 3 aromatic heterocycles. The standard InChI is InChI=1S/C19H19F3N6O2/c1-10(24-16(29)12-9-14(19(20,21)22)26-28(12)3)17-25-15(27-30-17)11-4-7-23-13(8-11)18(2)5-6-18/h4,7-10H,5-6H2,1-3H3,(H,24,29)/t10-/m0/s1. The molecule has 0 spiro atoms. The Bertz CT molecular complexity index is 1100. The molecule has 1 aliphatic carbocycles. The number of hydrogen-bond donors (Lipinski definition) is 1. The lowest BCUT2D eigenvalue weighted by Gasteiger charge is -2.09. The number of nitrogens with zero attached hydrogens (tertiary/aromatic N) is 5. The molecular weight excluding hydrogens is 401 g/mol. The summed E-state index contributed by atoms with van der Waals surface area (Å²) >= 11 is 0. The average Bonchev–Trinajstić information content (AvgIpc) is 3.08. The minimum atomic E-state index is -4.63. The maximum absolute atomic E-state index is 12.8. The molecule has 3 heterocycles. The normalized spacial score (nSPS) is 16.3. The molecule has 4 rings (SSSR count). The van der Waals surface area contributed by atoms with Crippen molar-refractivity contribution in [2.75, 3.05) is 0 Å². The monoisotopic (exact) mass is 420 g/mol. The Hall–Kier alpha value is -3.24. The molecular formula is C19H19F3N6O2. The maximum atomic E-state index is 12.8. The van der Waals surface area contributed by atoms with Crippen LogP contribution in [-0.2, 0) is 18.6 Å². The second-order valence-corrected chi connectivity index (χ2v) is 7.68. The van der Waals surface area contributed by atoms with Crippen molar-refractivity contribution in [2.45, 2.75) is 44.3 Å². The predicted octanol–water partition coefficient (Wildman–Crippen LogP) is 3.43. The fraction of sp³-hybridized carbons (Fsp3) is 0.421. The molecule has 3 aromatic rings. The van der Waals surface area contributed by atoms with Crippen LogP contribution in [0.4, 0.5) is 13.2 Å². The molecule has 0 aromatic carbocycles. The quantitative estimate of drug-likeness (QED) is 0.679. The van der Waals surface area contributed by atoms with Gasteiger partial charge in [-0.25, -0.2) is 0 Å². The van der Waals surface area contributed by atoms with Gasteiger partial charge in [-0.2, -0.15) is 23.3 Å². The highest BCUT2D eigenvalue weighted by Crippen LogP contribution is 2.47. The van der Waals surface area contributed by atoms with E-state index in [0.29, 0.717) is 11.9 Å². The number of carbonyl (C=O) groups is 1. The van der Waals surface area contributed by atoms with Gasteiger partial charge in [0.1, 0.15) is 11.7 Å². The lowest BCUT2D eigenvalue weighted by atomic mass is 10.0. The molecule has 0 radical (unpaired) electrons. The number of halogens is 3. The molecule has 158 valence electrons. The highest BCUT2D eigenvalue weighted by atomic mass is 19.4. The summed E-state index contributed by atoms with van der Waals surface area (Å²) in [4.78, 5) is 21.1. The van der Waals surface area contributed by atoms with Crippen molar-refractivity contribution in [3.8, 4) is 11.4 Å². The van der Waals surface area contributed by atoms with E-state index in [1.807, 2.05) is 6.07 Å². The van der Waals surface area contributed by atoms with Gasteiger partial charge in [-0.1, -0.05) is 12.1 Å². The van der Waals surface area contributed by atoms with Gasteiger partial charge in [-0.15, -0.1) is 0 Å². The van der Waals surface area contributed by atoms with Crippen molar-refractivity contribution in [1.29, 1.82) is 0 Å². The SMILES string of the molecule is C[C@H](NC(=O)c1cc(C(F)(F)F)nn1C)c1nc(-c2ccnc(C3(C)CC3)c2)no1. The molecule has 1 amide bonds. The average molecular weight is 420 g/mol. The van der Waals surface area contributed by atoms with E-state index in [-0.39, 0.29) is 17.0 Å². The number of hydrogen-bond acceptors (Lipinski definition) is 6. The molecule has 1 fully saturated rings. The van der Waals surface area contributed by atoms with Crippen LogP contribution in [0.15, 0.2) is 28.9 Å². The van der Waals surface area contributed by atoms with Crippen molar-refractivity contribution in [3.63, 3.8) is 0 Å². The van der Waals surface area contributed by atoms with Crippen LogP contribution in [-0.4, -0.2) is 30.8 Å². The third-order valence-corrected chi connectivity index (χ3v) is 5.20. The summed E-state index contributed by atoms with van der Waals surface area (Å²) in [5, 5.41) is 9.84. The molecule has 1 saturated carbocycles. The van der Waals surface area contributed by atoms with Gasteiger partial charge in [0.15, 0.2) is 5.69 Å². The Morgan fingerprint density at radius 3 is 2.70 bits per heavy atom. The van der Waals surface area contributed by atoms with Crippen molar-refractivity contribution in [3.05, 3.63) is 47.4 Å². The van der Waals surface area contributed by atoms with Gasteiger partial charge in [-0.05, 0) is 31.9 Å². The third-order valence-electron chi connectivity index (χ3n) is 5.20. The van der Waals surface area contributed by atoms with E-state index in [1.165, 1.54) is 7.05 Å². The molecule has 1 N–H and O–H groups in total. The Labute approximate surface area is 169 Å². The summed E-state index contributed by atoms with van der Waals surface area (Å²) in [6, 6.07) is 3.66. The Kier molecular flexibility index (Phi) is 4.63. The fourth-order valence-corrected chi connectivity index (χ4v) is 3.02. The smallest absolute Gasteiger partial charge is 0.339 e. The molecule has 0 bridgehead atoms. The zero-order valence-electron chi connectivity index (χ0n) is 16.5. The van der Waals surface area contributed by atoms with Gasteiger partial charge < -0.3 is 9.84 Å². The summed E-state index contributed by atoms with van der Waals surface area (Å²) in [5.41, 5.74) is 0.418. The van der Waals surface area contributed by atoms with E-state index in [2.05, 4.69) is 32.5 Å². The minimum absolute atomic E-state index is 0.0855. The second-order valence-electron chi connectivity index (χ2n) is 7.68. The highest BCUT2D eigenvalue weighted by Gasteiger charge is 2.40. The Balaban J connectivity index is 1.49. The van der Waals surface area contributed by atoms with Gasteiger partial charge in [-0.3, -0.25) is 14.5 Å². The van der Waals surface area contributed by atoms with Crippen LogP contribution in [0.3, 0.4) is 0 Å². The van der Waals surface area contributed by atoms with Crippen LogP contribution in [0, 0.1) is 0 Å². The van der Waals surface area contributed by atoms with E-state index in [1.54, 1.807) is 19.2 Å². The first-order chi connectivity index (χ1) is 14.1. The van der Waals surface area contributed by atoms with Gasteiger partial charge in [0, 0.05) is 36.0 Å². The van der Waals surface area contributed by atoms with Crippen LogP contribution < -0.4 is 5.32 Å². The summed E-state index contributed by atoms with van der Waals surface area (Å²) in [5.74, 6) is -0.257. The summed E-state index contributed by atoms with van der Waals surface area (Å²) in [6.07, 6.45) is -0.789. The number of alkyl halides is 3. The van der Waals surface area contributed by atoms with Crippen molar-refractivity contribution < 1.29 is 22.5 Å². The largest absolute Gasteiger partial charge is 0.435 e. The first-order valence-corrected chi connectivity index (χ1v) is 9.29. The lowest BCUT2D eigenvalue weighted by molar-refractivity contribution is -0.141. The van der Waals surface area contributed by atoms with Crippen molar-refractivity contribution >= 4 is 5.91 Å². The maximum Gasteiger partial charge on any atom is 0.435 e. The first kappa shape index (κ1) is 20.0. The van der Waals surface area contributed by atoms with E-state index < -0.39 is 23.8 Å². The molecule has 30 heavy (non-hydrogen) atoms. The Morgan fingerprint density at radius 1 is 1.33 bits per heavy atom. The van der Waals surface area contributed by atoms with Gasteiger partial charge in [0.25, 0.3) is 5.91 Å². The number of carbonyl (C=O) groups excluding carboxylic acids is 1. The highest BCUT2D eigenvalue weighted by molar-refractivity contribution is 5.92. The predicted molar refractivity (Wildman–Crippen MR) is 98.2 cm³/mol. The van der Waals surface area contributed by atoms with E-state index in [9.17, 15) is 18.0 Å². The summed E-state index contributed by atoms with van der Waals surface area (Å²) in [6.45, 7) is 3.74. The van der Waals surface area contributed by atoms with Crippen LogP contribution in [0.1, 0.15) is 60.5 Å². The van der Waals surface area contributed by atoms with E-state index >= 15 is 0 Å². The number of amides is 1. The molecule has 0 aliphatic heterocycles. The fourth-order valence-electron chi connectivity index (χ4n) is 3.02. The molecule has 0 unspecified atom stereocenters. The van der Waals surface area contributed by atoms with Crippen molar-refractivity contribution in [2.24, 2.45) is 7.05 Å². The lowest BCUT2D eigenvalue weighted by Crippen LogP contribution is -2.28. The van der Waals surface area contributed by atoms with E-state index in [0.717, 1.165) is 28.8 Å². The van der Waals surface area contributed by atoms with Crippen LogP contribution in [0.5, 0.6) is 0 Å². The van der Waals surface area contributed by atoms with Crippen LogP contribution in [0.2, 0.25) is 0 Å². The van der Waals surface area contributed by atoms with Crippen molar-refractivity contribution in [1.82, 2.24) is 30.2 Å². The second kappa shape index (κ2) is 6.92. The van der Waals surface area contributed by atoms with E-state index in [4.69, 9.17) is 4.52 Å². The van der Waals surface area contributed by atoms with Crippen LogP contribution in [0.25, 0.3) is 11.4 Å². The van der Waals surface area contributed by atoms with Gasteiger partial charge >= 0.3 is 6.18 Å². The zero-order valence-corrected chi connectivity index (χ0v) is 16.5. The van der Waals surface area contributed by atoms with Gasteiger partial charge in [0.05, 0.1) is 0 Å².